The van der Waals surface area contributed by atoms with Crippen LogP contribution in [0.25, 0.3) is 0 Å². The Morgan fingerprint density at radius 2 is 1.85 bits per heavy atom. The van der Waals surface area contributed by atoms with Crippen LogP contribution in [0.1, 0.15) is 47.7 Å². The van der Waals surface area contributed by atoms with E-state index in [4.69, 9.17) is 0 Å². The van der Waals surface area contributed by atoms with E-state index in [1.165, 1.54) is 12.1 Å². The summed E-state index contributed by atoms with van der Waals surface area (Å²) < 4.78 is 13.1. The quantitative estimate of drug-likeness (QED) is 0.886. The zero-order chi connectivity index (χ0) is 18.9. The van der Waals surface area contributed by atoms with E-state index >= 15 is 0 Å². The van der Waals surface area contributed by atoms with E-state index in [0.717, 1.165) is 5.56 Å². The summed E-state index contributed by atoms with van der Waals surface area (Å²) in [6.07, 6.45) is 1.06. The van der Waals surface area contributed by atoms with Gasteiger partial charge in [-0.05, 0) is 49.1 Å². The Morgan fingerprint density at radius 1 is 1.19 bits per heavy atom. The summed E-state index contributed by atoms with van der Waals surface area (Å²) in [5, 5.41) is 9.89. The van der Waals surface area contributed by atoms with E-state index in [1.54, 1.807) is 41.3 Å². The lowest BCUT2D eigenvalue weighted by Gasteiger charge is -2.48. The van der Waals surface area contributed by atoms with Crippen LogP contribution in [0.4, 0.5) is 4.39 Å². The van der Waals surface area contributed by atoms with Crippen molar-refractivity contribution in [2.75, 3.05) is 6.54 Å². The lowest BCUT2D eigenvalue weighted by Crippen LogP contribution is -2.59. The third kappa shape index (κ3) is 2.98. The number of benzene rings is 2. The van der Waals surface area contributed by atoms with Gasteiger partial charge in [0.05, 0.1) is 5.54 Å². The summed E-state index contributed by atoms with van der Waals surface area (Å²) in [6, 6.07) is 13.1. The molecule has 2 aromatic rings. The Kier molecular flexibility index (Phi) is 4.81. The maximum Gasteiger partial charge on any atom is 0.313 e. The number of amides is 1. The molecule has 2 aromatic carbocycles. The highest BCUT2D eigenvalue weighted by atomic mass is 19.1. The first-order valence-electron chi connectivity index (χ1n) is 8.76. The lowest BCUT2D eigenvalue weighted by molar-refractivity contribution is -0.142. The molecule has 0 aliphatic carbocycles. The molecule has 0 saturated heterocycles. The average molecular weight is 355 g/mol. The molecule has 0 radical (unpaired) electrons. The van der Waals surface area contributed by atoms with Crippen LogP contribution in [0.2, 0.25) is 0 Å². The highest BCUT2D eigenvalue weighted by Crippen LogP contribution is 2.43. The van der Waals surface area contributed by atoms with Crippen LogP contribution in [0.5, 0.6) is 0 Å². The average Bonchev–Trinajstić information content (AvgIpc) is 2.63. The number of carbonyl (C=O) groups is 2. The van der Waals surface area contributed by atoms with E-state index in [-0.39, 0.29) is 11.7 Å². The third-order valence-corrected chi connectivity index (χ3v) is 5.49. The molecule has 26 heavy (non-hydrogen) atoms. The summed E-state index contributed by atoms with van der Waals surface area (Å²) in [7, 11) is 0. The van der Waals surface area contributed by atoms with Gasteiger partial charge in [0.25, 0.3) is 5.91 Å². The molecule has 0 saturated carbocycles. The SMILES string of the molecule is CCC1(C)C(C(=O)O)c2ccccc2C(=O)N1CCc1ccc(F)cc1. The molecule has 1 aliphatic heterocycles. The van der Waals surface area contributed by atoms with Gasteiger partial charge >= 0.3 is 5.97 Å². The molecule has 1 aliphatic rings. The number of fused-ring (bicyclic) bond motifs is 1. The van der Waals surface area contributed by atoms with E-state index in [1.807, 2.05) is 13.8 Å². The number of nitrogens with zero attached hydrogens (tertiary/aromatic N) is 1. The lowest BCUT2D eigenvalue weighted by atomic mass is 9.72. The largest absolute Gasteiger partial charge is 0.481 e. The van der Waals surface area contributed by atoms with Crippen LogP contribution in [0.3, 0.4) is 0 Å². The van der Waals surface area contributed by atoms with E-state index in [0.29, 0.717) is 30.5 Å². The second-order valence-corrected chi connectivity index (χ2v) is 6.90. The smallest absolute Gasteiger partial charge is 0.313 e. The molecule has 0 bridgehead atoms. The van der Waals surface area contributed by atoms with Crippen molar-refractivity contribution in [3.8, 4) is 0 Å². The molecule has 2 atom stereocenters. The monoisotopic (exact) mass is 355 g/mol. The van der Waals surface area contributed by atoms with Crippen molar-refractivity contribution in [1.29, 1.82) is 0 Å². The molecule has 0 fully saturated rings. The summed E-state index contributed by atoms with van der Waals surface area (Å²) in [4.78, 5) is 26.9. The summed E-state index contributed by atoms with van der Waals surface area (Å²) in [6.45, 7) is 4.12. The van der Waals surface area contributed by atoms with Crippen LogP contribution in [-0.4, -0.2) is 34.0 Å². The number of carboxylic acids is 1. The Balaban J connectivity index is 1.98. The molecule has 0 aromatic heterocycles. The Labute approximate surface area is 152 Å². The van der Waals surface area contributed by atoms with Gasteiger partial charge in [-0.15, -0.1) is 0 Å². The molecule has 3 rings (SSSR count). The van der Waals surface area contributed by atoms with Crippen molar-refractivity contribution < 1.29 is 19.1 Å². The fourth-order valence-corrected chi connectivity index (χ4v) is 3.85. The van der Waals surface area contributed by atoms with Gasteiger partial charge in [0.1, 0.15) is 11.7 Å². The van der Waals surface area contributed by atoms with Crippen LogP contribution in [0.15, 0.2) is 48.5 Å². The van der Waals surface area contributed by atoms with Gasteiger partial charge in [-0.2, -0.15) is 0 Å². The topological polar surface area (TPSA) is 57.6 Å². The molecular weight excluding hydrogens is 333 g/mol. The number of halogens is 1. The molecule has 5 heteroatoms. The van der Waals surface area contributed by atoms with E-state index in [9.17, 15) is 19.1 Å². The first kappa shape index (κ1) is 18.1. The minimum atomic E-state index is -0.930. The zero-order valence-corrected chi connectivity index (χ0v) is 14.9. The number of hydrogen-bond acceptors (Lipinski definition) is 2. The Morgan fingerprint density at radius 3 is 2.46 bits per heavy atom. The van der Waals surface area contributed by atoms with Gasteiger partial charge in [0.15, 0.2) is 0 Å². The molecule has 4 nitrogen and oxygen atoms in total. The highest BCUT2D eigenvalue weighted by molar-refractivity contribution is 6.00. The molecule has 0 spiro atoms. The second-order valence-electron chi connectivity index (χ2n) is 6.90. The normalized spacial score (nSPS) is 22.2. The van der Waals surface area contributed by atoms with Crippen molar-refractivity contribution in [3.05, 3.63) is 71.0 Å². The van der Waals surface area contributed by atoms with Crippen molar-refractivity contribution in [2.24, 2.45) is 0 Å². The number of rotatable bonds is 5. The number of carboxylic acid groups (broad SMARTS) is 1. The molecule has 1 heterocycles. The number of hydrogen-bond donors (Lipinski definition) is 1. The van der Waals surface area contributed by atoms with E-state index in [2.05, 4.69) is 0 Å². The first-order chi connectivity index (χ1) is 12.4. The van der Waals surface area contributed by atoms with Gasteiger partial charge in [-0.1, -0.05) is 37.3 Å². The highest BCUT2D eigenvalue weighted by Gasteiger charge is 2.50. The van der Waals surface area contributed by atoms with Crippen LogP contribution >= 0.6 is 0 Å². The zero-order valence-electron chi connectivity index (χ0n) is 14.9. The van der Waals surface area contributed by atoms with E-state index < -0.39 is 17.4 Å². The fourth-order valence-electron chi connectivity index (χ4n) is 3.85. The minimum absolute atomic E-state index is 0.149. The maximum absolute atomic E-state index is 13.1. The molecule has 136 valence electrons. The second kappa shape index (κ2) is 6.90. The predicted octanol–water partition coefficient (Wildman–Crippen LogP) is 3.86. The minimum Gasteiger partial charge on any atom is -0.481 e. The predicted molar refractivity (Wildman–Crippen MR) is 96.7 cm³/mol. The van der Waals surface area contributed by atoms with Gasteiger partial charge in [-0.25, -0.2) is 4.39 Å². The first-order valence-corrected chi connectivity index (χ1v) is 8.76. The summed E-state index contributed by atoms with van der Waals surface area (Å²) in [5.41, 5.74) is 1.11. The van der Waals surface area contributed by atoms with Gasteiger partial charge in [-0.3, -0.25) is 9.59 Å². The van der Waals surface area contributed by atoms with Gasteiger partial charge < -0.3 is 10.0 Å². The van der Waals surface area contributed by atoms with Crippen molar-refractivity contribution in [2.45, 2.75) is 38.1 Å². The van der Waals surface area contributed by atoms with Crippen LogP contribution in [0, 0.1) is 5.82 Å². The molecular formula is C21H22FNO3. The van der Waals surface area contributed by atoms with Crippen LogP contribution in [-0.2, 0) is 11.2 Å². The van der Waals surface area contributed by atoms with Gasteiger partial charge in [0, 0.05) is 12.1 Å². The summed E-state index contributed by atoms with van der Waals surface area (Å²) >= 11 is 0. The molecule has 1 amide bonds. The third-order valence-electron chi connectivity index (χ3n) is 5.49. The van der Waals surface area contributed by atoms with Crippen molar-refractivity contribution >= 4 is 11.9 Å². The molecule has 1 N–H and O–H groups in total. The molecule has 2 unspecified atom stereocenters. The Hall–Kier alpha value is -2.69. The number of carbonyl (C=O) groups excluding carboxylic acids is 1. The standard InChI is InChI=1S/C21H22FNO3/c1-3-21(2)18(20(25)26)16-6-4-5-7-17(16)19(24)23(21)13-12-14-8-10-15(22)11-9-14/h4-11,18H,3,12-13H2,1-2H3,(H,25,26). The fraction of sp³-hybridized carbons (Fsp3) is 0.333. The van der Waals surface area contributed by atoms with Crippen molar-refractivity contribution in [1.82, 2.24) is 4.90 Å². The van der Waals surface area contributed by atoms with Gasteiger partial charge in [0.2, 0.25) is 0 Å². The Bertz CT molecular complexity index is 833. The van der Waals surface area contributed by atoms with Crippen molar-refractivity contribution in [3.63, 3.8) is 0 Å². The summed E-state index contributed by atoms with van der Waals surface area (Å²) in [5.74, 6) is -2.17. The number of aliphatic carboxylic acids is 1. The maximum atomic E-state index is 13.1. The van der Waals surface area contributed by atoms with Crippen LogP contribution < -0.4 is 0 Å².